The van der Waals surface area contributed by atoms with E-state index in [9.17, 15) is 0 Å². The number of nitrogens with one attached hydrogen (secondary N) is 1. The molecule has 0 saturated carbocycles. The van der Waals surface area contributed by atoms with Crippen LogP contribution in [-0.4, -0.2) is 31.3 Å². The van der Waals surface area contributed by atoms with Crippen LogP contribution in [0.4, 0.5) is 0 Å². The van der Waals surface area contributed by atoms with Crippen molar-refractivity contribution in [3.8, 4) is 0 Å². The fraction of sp³-hybridized carbons (Fsp3) is 0.357. The van der Waals surface area contributed by atoms with Gasteiger partial charge in [-0.05, 0) is 28.5 Å². The summed E-state index contributed by atoms with van der Waals surface area (Å²) in [7, 11) is 3.86. The number of aromatic nitrogens is 5. The Morgan fingerprint density at radius 3 is 2.67 bits per heavy atom. The second kappa shape index (κ2) is 5.57. The molecule has 0 aliphatic rings. The smallest absolute Gasteiger partial charge is 0.153 e. The van der Waals surface area contributed by atoms with E-state index in [4.69, 9.17) is 5.10 Å². The molecule has 0 bridgehead atoms. The van der Waals surface area contributed by atoms with Crippen LogP contribution in [0.5, 0.6) is 0 Å². The standard InChI is InChI=1S/C14H17BrN6/c1-4-16-12(13-14(15)17-19-21(13)3)11-9-7-5-6-8-10(9)20(2)18-11/h5-8,12,16H,4H2,1-3H3. The maximum Gasteiger partial charge on any atom is 0.153 e. The molecule has 0 spiro atoms. The van der Waals surface area contributed by atoms with Gasteiger partial charge in [-0.15, -0.1) is 5.10 Å². The van der Waals surface area contributed by atoms with Crippen LogP contribution in [0, 0.1) is 0 Å². The highest BCUT2D eigenvalue weighted by Crippen LogP contribution is 2.30. The minimum Gasteiger partial charge on any atom is -0.304 e. The largest absolute Gasteiger partial charge is 0.304 e. The van der Waals surface area contributed by atoms with E-state index in [0.717, 1.165) is 33.4 Å². The summed E-state index contributed by atoms with van der Waals surface area (Å²) >= 11 is 3.49. The van der Waals surface area contributed by atoms with Crippen molar-refractivity contribution < 1.29 is 0 Å². The average Bonchev–Trinajstić information content (AvgIpc) is 2.99. The van der Waals surface area contributed by atoms with Gasteiger partial charge >= 0.3 is 0 Å². The summed E-state index contributed by atoms with van der Waals surface area (Å²) in [6, 6.07) is 8.17. The van der Waals surface area contributed by atoms with Crippen LogP contribution < -0.4 is 5.32 Å². The van der Waals surface area contributed by atoms with Crippen LogP contribution in [0.2, 0.25) is 0 Å². The van der Waals surface area contributed by atoms with Crippen LogP contribution >= 0.6 is 15.9 Å². The highest BCUT2D eigenvalue weighted by Gasteiger charge is 2.25. The molecule has 3 rings (SSSR count). The van der Waals surface area contributed by atoms with Gasteiger partial charge in [0.15, 0.2) is 4.60 Å². The minimum absolute atomic E-state index is 0.0597. The van der Waals surface area contributed by atoms with Crippen molar-refractivity contribution in [2.45, 2.75) is 13.0 Å². The second-order valence-corrected chi connectivity index (χ2v) is 5.66. The zero-order valence-electron chi connectivity index (χ0n) is 12.2. The quantitative estimate of drug-likeness (QED) is 0.784. The zero-order chi connectivity index (χ0) is 15.0. The van der Waals surface area contributed by atoms with E-state index in [1.165, 1.54) is 0 Å². The number of fused-ring (bicyclic) bond motifs is 1. The van der Waals surface area contributed by atoms with Crippen molar-refractivity contribution in [1.29, 1.82) is 0 Å². The molecule has 0 radical (unpaired) electrons. The van der Waals surface area contributed by atoms with Crippen LogP contribution in [0.1, 0.15) is 24.4 Å². The Bertz CT molecular complexity index is 755. The van der Waals surface area contributed by atoms with Crippen LogP contribution in [0.15, 0.2) is 28.9 Å². The lowest BCUT2D eigenvalue weighted by Crippen LogP contribution is -2.25. The van der Waals surface area contributed by atoms with Gasteiger partial charge in [0.1, 0.15) is 0 Å². The van der Waals surface area contributed by atoms with Crippen molar-refractivity contribution in [2.75, 3.05) is 6.54 Å². The molecule has 110 valence electrons. The Labute approximate surface area is 131 Å². The summed E-state index contributed by atoms with van der Waals surface area (Å²) < 4.78 is 4.43. The first-order valence-electron chi connectivity index (χ1n) is 6.83. The van der Waals surface area contributed by atoms with Crippen LogP contribution in [0.3, 0.4) is 0 Å². The average molecular weight is 349 g/mol. The Kier molecular flexibility index (Phi) is 3.77. The Hall–Kier alpha value is -1.73. The van der Waals surface area contributed by atoms with Gasteiger partial charge < -0.3 is 5.32 Å². The van der Waals surface area contributed by atoms with E-state index in [2.05, 4.69) is 50.6 Å². The summed E-state index contributed by atoms with van der Waals surface area (Å²) in [4.78, 5) is 0. The molecule has 1 N–H and O–H groups in total. The molecule has 0 amide bonds. The number of hydrogen-bond donors (Lipinski definition) is 1. The minimum atomic E-state index is -0.0597. The first-order chi connectivity index (χ1) is 10.1. The highest BCUT2D eigenvalue weighted by molar-refractivity contribution is 9.10. The SMILES string of the molecule is CCNC(c1nn(C)c2ccccc12)c1c(Br)nnn1C. The number of benzene rings is 1. The van der Waals surface area contributed by atoms with Crippen LogP contribution in [-0.2, 0) is 14.1 Å². The lowest BCUT2D eigenvalue weighted by molar-refractivity contribution is 0.551. The monoisotopic (exact) mass is 348 g/mol. The molecule has 7 heteroatoms. The lowest BCUT2D eigenvalue weighted by Gasteiger charge is -2.16. The molecule has 0 aliphatic carbocycles. The van der Waals surface area contributed by atoms with E-state index in [1.807, 2.05) is 30.9 Å². The first-order valence-corrected chi connectivity index (χ1v) is 7.62. The number of hydrogen-bond acceptors (Lipinski definition) is 4. The molecule has 1 unspecified atom stereocenters. The van der Waals surface area contributed by atoms with Gasteiger partial charge in [-0.1, -0.05) is 30.3 Å². The molecule has 1 atom stereocenters. The number of rotatable bonds is 4. The van der Waals surface area contributed by atoms with Crippen molar-refractivity contribution in [3.63, 3.8) is 0 Å². The number of para-hydroxylation sites is 1. The number of nitrogens with zero attached hydrogens (tertiary/aromatic N) is 5. The molecule has 3 aromatic rings. The van der Waals surface area contributed by atoms with Crippen molar-refractivity contribution >= 4 is 26.8 Å². The summed E-state index contributed by atoms with van der Waals surface area (Å²) in [5.41, 5.74) is 3.07. The van der Waals surface area contributed by atoms with E-state index in [-0.39, 0.29) is 6.04 Å². The van der Waals surface area contributed by atoms with Crippen molar-refractivity contribution in [1.82, 2.24) is 30.1 Å². The summed E-state index contributed by atoms with van der Waals surface area (Å²) in [6.45, 7) is 2.91. The topological polar surface area (TPSA) is 60.6 Å². The molecular weight excluding hydrogens is 332 g/mol. The molecule has 0 aliphatic heterocycles. The van der Waals surface area contributed by atoms with Gasteiger partial charge in [0, 0.05) is 19.5 Å². The summed E-state index contributed by atoms with van der Waals surface area (Å²) in [5.74, 6) is 0. The maximum atomic E-state index is 4.71. The molecule has 0 fully saturated rings. The van der Waals surface area contributed by atoms with E-state index < -0.39 is 0 Å². The van der Waals surface area contributed by atoms with Crippen molar-refractivity contribution in [2.24, 2.45) is 14.1 Å². The third kappa shape index (κ3) is 2.36. The van der Waals surface area contributed by atoms with E-state index in [0.29, 0.717) is 0 Å². The Morgan fingerprint density at radius 2 is 2.00 bits per heavy atom. The predicted molar refractivity (Wildman–Crippen MR) is 84.9 cm³/mol. The number of halogens is 1. The summed E-state index contributed by atoms with van der Waals surface area (Å²) in [5, 5.41) is 17.5. The first kappa shape index (κ1) is 14.2. The number of aryl methyl sites for hydroxylation is 2. The summed E-state index contributed by atoms with van der Waals surface area (Å²) in [6.07, 6.45) is 0. The zero-order valence-corrected chi connectivity index (χ0v) is 13.8. The molecule has 21 heavy (non-hydrogen) atoms. The fourth-order valence-electron chi connectivity index (χ4n) is 2.63. The molecule has 6 nitrogen and oxygen atoms in total. The van der Waals surface area contributed by atoms with E-state index >= 15 is 0 Å². The Balaban J connectivity index is 2.21. The van der Waals surface area contributed by atoms with Gasteiger partial charge in [0.25, 0.3) is 0 Å². The Morgan fingerprint density at radius 1 is 1.24 bits per heavy atom. The van der Waals surface area contributed by atoms with Gasteiger partial charge in [-0.2, -0.15) is 5.10 Å². The van der Waals surface area contributed by atoms with Gasteiger partial charge in [0.2, 0.25) is 0 Å². The maximum absolute atomic E-state index is 4.71. The molecule has 2 heterocycles. The third-order valence-electron chi connectivity index (χ3n) is 3.57. The lowest BCUT2D eigenvalue weighted by atomic mass is 10.1. The van der Waals surface area contributed by atoms with E-state index in [1.54, 1.807) is 4.68 Å². The molecule has 2 aromatic heterocycles. The van der Waals surface area contributed by atoms with Gasteiger partial charge in [-0.3, -0.25) is 4.68 Å². The van der Waals surface area contributed by atoms with Crippen molar-refractivity contribution in [3.05, 3.63) is 40.3 Å². The predicted octanol–water partition coefficient (Wildman–Crippen LogP) is 2.16. The third-order valence-corrected chi connectivity index (χ3v) is 4.13. The molecule has 0 saturated heterocycles. The molecule has 1 aromatic carbocycles. The van der Waals surface area contributed by atoms with Gasteiger partial charge in [-0.25, -0.2) is 4.68 Å². The second-order valence-electron chi connectivity index (χ2n) is 4.91. The fourth-order valence-corrected chi connectivity index (χ4v) is 3.18. The normalized spacial score (nSPS) is 13.0. The van der Waals surface area contributed by atoms with Crippen LogP contribution in [0.25, 0.3) is 10.9 Å². The highest BCUT2D eigenvalue weighted by atomic mass is 79.9. The molecular formula is C14H17BrN6. The van der Waals surface area contributed by atoms with Gasteiger partial charge in [0.05, 0.1) is 22.9 Å².